The number of thiocarbonyl (C=S) groups is 1. The van der Waals surface area contributed by atoms with Crippen LogP contribution >= 0.6 is 46.8 Å². The summed E-state index contributed by atoms with van der Waals surface area (Å²) < 4.78 is 5.20. The maximum atomic E-state index is 12.6. The number of ether oxygens (including phenoxy) is 1. The highest BCUT2D eigenvalue weighted by Crippen LogP contribution is 2.39. The zero-order valence-electron chi connectivity index (χ0n) is 15.2. The summed E-state index contributed by atoms with van der Waals surface area (Å²) >= 11 is 18.9. The van der Waals surface area contributed by atoms with Crippen molar-refractivity contribution in [2.75, 3.05) is 12.4 Å². The maximum absolute atomic E-state index is 12.6. The highest BCUT2D eigenvalue weighted by molar-refractivity contribution is 7.80. The summed E-state index contributed by atoms with van der Waals surface area (Å²) in [4.78, 5) is 13.8. The Morgan fingerprint density at radius 1 is 1.43 bits per heavy atom. The van der Waals surface area contributed by atoms with Gasteiger partial charge in [-0.15, -0.1) is 11.3 Å². The Balaban J connectivity index is 1.79. The third-order valence-corrected chi connectivity index (χ3v) is 6.41. The van der Waals surface area contributed by atoms with Crippen molar-refractivity contribution in [3.63, 3.8) is 0 Å². The highest BCUT2D eigenvalue weighted by Gasteiger charge is 2.25. The second kappa shape index (κ2) is 8.66. The molecule has 1 heterocycles. The largest absolute Gasteiger partial charge is 0.494 e. The molecule has 1 aromatic carbocycles. The number of hydrogen-bond donors (Lipinski definition) is 2. The Labute approximate surface area is 182 Å². The van der Waals surface area contributed by atoms with Gasteiger partial charge in [0, 0.05) is 9.90 Å². The molecule has 1 aliphatic rings. The van der Waals surface area contributed by atoms with Crippen molar-refractivity contribution in [2.24, 2.45) is 5.92 Å². The van der Waals surface area contributed by atoms with Gasteiger partial charge in [-0.2, -0.15) is 5.26 Å². The van der Waals surface area contributed by atoms with E-state index >= 15 is 0 Å². The minimum atomic E-state index is -0.507. The van der Waals surface area contributed by atoms with Gasteiger partial charge in [-0.05, 0) is 55.1 Å². The van der Waals surface area contributed by atoms with Crippen LogP contribution in [0, 0.1) is 17.2 Å². The molecule has 1 atom stereocenters. The quantitative estimate of drug-likeness (QED) is 0.625. The van der Waals surface area contributed by atoms with Crippen LogP contribution in [0.15, 0.2) is 12.1 Å². The van der Waals surface area contributed by atoms with Crippen LogP contribution in [0.4, 0.5) is 5.00 Å². The molecule has 0 bridgehead atoms. The van der Waals surface area contributed by atoms with Crippen LogP contribution < -0.4 is 15.4 Å². The maximum Gasteiger partial charge on any atom is 0.261 e. The second-order valence-corrected chi connectivity index (χ2v) is 8.90. The molecular formula is C19H17Cl2N3O2S2. The second-order valence-electron chi connectivity index (χ2n) is 6.54. The minimum Gasteiger partial charge on any atom is -0.494 e. The lowest BCUT2D eigenvalue weighted by atomic mass is 9.89. The smallest absolute Gasteiger partial charge is 0.261 e. The molecule has 0 spiro atoms. The van der Waals surface area contributed by atoms with Gasteiger partial charge in [-0.25, -0.2) is 0 Å². The third-order valence-electron chi connectivity index (χ3n) is 4.53. The highest BCUT2D eigenvalue weighted by atomic mass is 35.5. The first-order valence-electron chi connectivity index (χ1n) is 8.54. The van der Waals surface area contributed by atoms with E-state index < -0.39 is 5.91 Å². The van der Waals surface area contributed by atoms with Crippen LogP contribution in [0.25, 0.3) is 0 Å². The summed E-state index contributed by atoms with van der Waals surface area (Å²) in [7, 11) is 1.42. The number of halogens is 2. The number of benzene rings is 1. The molecule has 1 aliphatic carbocycles. The molecule has 0 saturated carbocycles. The van der Waals surface area contributed by atoms with E-state index in [4.69, 9.17) is 40.2 Å². The fourth-order valence-corrected chi connectivity index (χ4v) is 5.39. The Bertz CT molecular complexity index is 998. The van der Waals surface area contributed by atoms with Crippen LogP contribution in [0.2, 0.25) is 10.0 Å². The zero-order chi connectivity index (χ0) is 20.4. The van der Waals surface area contributed by atoms with Crippen molar-refractivity contribution in [1.82, 2.24) is 5.32 Å². The first-order chi connectivity index (χ1) is 13.3. The summed E-state index contributed by atoms with van der Waals surface area (Å²) in [5.41, 5.74) is 1.86. The summed E-state index contributed by atoms with van der Waals surface area (Å²) in [6, 6.07) is 5.21. The van der Waals surface area contributed by atoms with Gasteiger partial charge in [-0.3, -0.25) is 10.1 Å². The summed E-state index contributed by atoms with van der Waals surface area (Å²) in [6.07, 6.45) is 2.90. The molecule has 0 aliphatic heterocycles. The lowest BCUT2D eigenvalue weighted by Crippen LogP contribution is -2.34. The lowest BCUT2D eigenvalue weighted by Gasteiger charge is -2.17. The fraction of sp³-hybridized carbons (Fsp3) is 0.316. The van der Waals surface area contributed by atoms with Crippen LogP contribution in [-0.2, 0) is 12.8 Å². The molecule has 1 aromatic heterocycles. The van der Waals surface area contributed by atoms with Crippen molar-refractivity contribution >= 4 is 62.8 Å². The van der Waals surface area contributed by atoms with E-state index in [1.54, 1.807) is 0 Å². The predicted octanol–water partition coefficient (Wildman–Crippen LogP) is 5.19. The van der Waals surface area contributed by atoms with Crippen LogP contribution in [0.1, 0.15) is 39.7 Å². The Hall–Kier alpha value is -1.85. The van der Waals surface area contributed by atoms with Gasteiger partial charge < -0.3 is 10.1 Å². The molecule has 3 rings (SSSR count). The van der Waals surface area contributed by atoms with Crippen molar-refractivity contribution < 1.29 is 9.53 Å². The molecule has 2 N–H and O–H groups in total. The van der Waals surface area contributed by atoms with Gasteiger partial charge in [0.1, 0.15) is 16.8 Å². The molecule has 1 amide bonds. The molecule has 2 aromatic rings. The third kappa shape index (κ3) is 4.26. The average Bonchev–Trinajstić information content (AvgIpc) is 2.96. The van der Waals surface area contributed by atoms with Gasteiger partial charge in [-0.1, -0.05) is 30.1 Å². The standard InChI is InChI=1S/C19H17Cl2N3O2S2/c1-9-3-4-11-13(8-22)18(28-15(11)5-9)24-19(27)23-17(25)12-6-10(20)7-14(21)16(12)26-2/h6-7,9H,3-5H2,1-2H3,(H2,23,24,25,27). The number of nitrogens with zero attached hydrogens (tertiary/aromatic N) is 1. The Morgan fingerprint density at radius 3 is 2.86 bits per heavy atom. The molecule has 0 fully saturated rings. The number of fused-ring (bicyclic) bond motifs is 1. The Morgan fingerprint density at radius 2 is 2.18 bits per heavy atom. The summed E-state index contributed by atoms with van der Waals surface area (Å²) in [5.74, 6) is 0.300. The van der Waals surface area contributed by atoms with E-state index in [-0.39, 0.29) is 21.4 Å². The van der Waals surface area contributed by atoms with E-state index in [1.807, 2.05) is 0 Å². The molecule has 5 nitrogen and oxygen atoms in total. The van der Waals surface area contributed by atoms with Gasteiger partial charge >= 0.3 is 0 Å². The predicted molar refractivity (Wildman–Crippen MR) is 117 cm³/mol. The van der Waals surface area contributed by atoms with E-state index in [0.717, 1.165) is 24.8 Å². The van der Waals surface area contributed by atoms with Gasteiger partial charge in [0.25, 0.3) is 5.91 Å². The lowest BCUT2D eigenvalue weighted by molar-refractivity contribution is 0.0975. The number of nitrogens with one attached hydrogen (secondary N) is 2. The van der Waals surface area contributed by atoms with Crippen LogP contribution in [-0.4, -0.2) is 18.1 Å². The summed E-state index contributed by atoms with van der Waals surface area (Å²) in [6.45, 7) is 2.20. The molecule has 28 heavy (non-hydrogen) atoms. The number of anilines is 1. The minimum absolute atomic E-state index is 0.0892. The molecule has 9 heteroatoms. The number of carbonyl (C=O) groups excluding carboxylic acids is 1. The molecule has 146 valence electrons. The number of nitriles is 1. The van der Waals surface area contributed by atoms with Crippen molar-refractivity contribution in [3.8, 4) is 11.8 Å². The number of rotatable bonds is 3. The normalized spacial score (nSPS) is 15.3. The number of thiophene rings is 1. The first kappa shape index (κ1) is 20.9. The average molecular weight is 454 g/mol. The van der Waals surface area contributed by atoms with E-state index in [0.29, 0.717) is 21.5 Å². The number of carbonyl (C=O) groups is 1. The van der Waals surface area contributed by atoms with Crippen molar-refractivity contribution in [1.29, 1.82) is 5.26 Å². The molecular weight excluding hydrogens is 437 g/mol. The number of hydrogen-bond acceptors (Lipinski definition) is 5. The first-order valence-corrected chi connectivity index (χ1v) is 10.5. The SMILES string of the molecule is COc1c(Cl)cc(Cl)cc1C(=O)NC(=S)Nc1sc2c(c1C#N)CCC(C)C2. The topological polar surface area (TPSA) is 74.2 Å². The van der Waals surface area contributed by atoms with Gasteiger partial charge in [0.2, 0.25) is 0 Å². The van der Waals surface area contributed by atoms with Gasteiger partial charge in [0.05, 0.1) is 23.3 Å². The molecule has 0 saturated heterocycles. The number of methoxy groups -OCH3 is 1. The van der Waals surface area contributed by atoms with Crippen molar-refractivity contribution in [2.45, 2.75) is 26.2 Å². The monoisotopic (exact) mass is 453 g/mol. The van der Waals surface area contributed by atoms with E-state index in [9.17, 15) is 10.1 Å². The van der Waals surface area contributed by atoms with Crippen LogP contribution in [0.5, 0.6) is 5.75 Å². The van der Waals surface area contributed by atoms with Crippen molar-refractivity contribution in [3.05, 3.63) is 43.7 Å². The molecule has 1 unspecified atom stereocenters. The fourth-order valence-electron chi connectivity index (χ4n) is 3.20. The van der Waals surface area contributed by atoms with E-state index in [2.05, 4.69) is 23.6 Å². The van der Waals surface area contributed by atoms with Gasteiger partial charge in [0.15, 0.2) is 5.11 Å². The molecule has 0 radical (unpaired) electrons. The van der Waals surface area contributed by atoms with E-state index in [1.165, 1.54) is 35.5 Å². The zero-order valence-corrected chi connectivity index (χ0v) is 18.3. The van der Waals surface area contributed by atoms with Crippen LogP contribution in [0.3, 0.4) is 0 Å². The Kier molecular flexibility index (Phi) is 6.46. The number of amides is 1. The summed E-state index contributed by atoms with van der Waals surface area (Å²) in [5, 5.41) is 16.4.